The second kappa shape index (κ2) is 8.11. The van der Waals surface area contributed by atoms with E-state index in [1.165, 1.54) is 16.9 Å². The molecule has 3 aromatic rings. The molecule has 7 nitrogen and oxygen atoms in total. The van der Waals surface area contributed by atoms with Crippen molar-refractivity contribution in [3.8, 4) is 5.69 Å². The molecule has 0 bridgehead atoms. The SMILES string of the molecule is CCN(CC)c1ccc(-[n+]2cc3ccccn3c2)cc1.O=S(=O)([O-])O. The number of rotatable bonds is 4. The first-order chi connectivity index (χ1) is 11.8. The molecule has 0 aliphatic carbocycles. The summed E-state index contributed by atoms with van der Waals surface area (Å²) >= 11 is 0. The molecule has 0 spiro atoms. The molecule has 0 saturated heterocycles. The Hall–Kier alpha value is -2.42. The molecule has 0 amide bonds. The third kappa shape index (κ3) is 5.56. The smallest absolute Gasteiger partial charge is 0.254 e. The zero-order valence-electron chi connectivity index (χ0n) is 14.1. The van der Waals surface area contributed by atoms with Crippen molar-refractivity contribution in [2.75, 3.05) is 18.0 Å². The minimum atomic E-state index is -4.92. The lowest BCUT2D eigenvalue weighted by Gasteiger charge is -2.20. The van der Waals surface area contributed by atoms with E-state index in [0.717, 1.165) is 13.1 Å². The predicted octanol–water partition coefficient (Wildman–Crippen LogP) is 2.07. The number of fused-ring (bicyclic) bond motifs is 1. The maximum Gasteiger partial charge on any atom is 0.254 e. The van der Waals surface area contributed by atoms with Crippen LogP contribution < -0.4 is 9.47 Å². The van der Waals surface area contributed by atoms with Gasteiger partial charge in [-0.3, -0.25) is 4.55 Å². The lowest BCUT2D eigenvalue weighted by atomic mass is 10.2. The van der Waals surface area contributed by atoms with Gasteiger partial charge < -0.3 is 9.45 Å². The van der Waals surface area contributed by atoms with Gasteiger partial charge in [0, 0.05) is 18.8 Å². The highest BCUT2D eigenvalue weighted by Gasteiger charge is 2.08. The molecule has 3 rings (SSSR count). The first-order valence-electron chi connectivity index (χ1n) is 7.83. The Balaban J connectivity index is 0.000000399. The number of pyridine rings is 1. The van der Waals surface area contributed by atoms with Gasteiger partial charge in [0.25, 0.3) is 6.33 Å². The summed E-state index contributed by atoms with van der Waals surface area (Å²) in [5, 5.41) is 0. The van der Waals surface area contributed by atoms with E-state index < -0.39 is 10.4 Å². The van der Waals surface area contributed by atoms with Gasteiger partial charge in [-0.15, -0.1) is 0 Å². The van der Waals surface area contributed by atoms with Gasteiger partial charge in [-0.25, -0.2) is 17.4 Å². The molecule has 2 aromatic heterocycles. The maximum absolute atomic E-state index is 8.63. The quantitative estimate of drug-likeness (QED) is 0.435. The normalized spacial score (nSPS) is 11.0. The lowest BCUT2D eigenvalue weighted by Crippen LogP contribution is -2.27. The van der Waals surface area contributed by atoms with Crippen LogP contribution in [0.1, 0.15) is 13.8 Å². The minimum absolute atomic E-state index is 1.04. The molecule has 1 aromatic carbocycles. The molecule has 1 N–H and O–H groups in total. The van der Waals surface area contributed by atoms with Crippen LogP contribution in [0.25, 0.3) is 11.2 Å². The zero-order chi connectivity index (χ0) is 18.4. The molecule has 0 radical (unpaired) electrons. The zero-order valence-corrected chi connectivity index (χ0v) is 14.9. The van der Waals surface area contributed by atoms with Crippen LogP contribution in [0.2, 0.25) is 0 Å². The van der Waals surface area contributed by atoms with E-state index >= 15 is 0 Å². The number of hydrogen-bond donors (Lipinski definition) is 1. The van der Waals surface area contributed by atoms with E-state index in [9.17, 15) is 0 Å². The van der Waals surface area contributed by atoms with Crippen molar-refractivity contribution >= 4 is 21.6 Å². The molecule has 0 saturated carbocycles. The van der Waals surface area contributed by atoms with Crippen LogP contribution in [0.4, 0.5) is 5.69 Å². The number of anilines is 1. The van der Waals surface area contributed by atoms with Crippen molar-refractivity contribution in [1.29, 1.82) is 0 Å². The van der Waals surface area contributed by atoms with Crippen LogP contribution >= 0.6 is 0 Å². The summed E-state index contributed by atoms with van der Waals surface area (Å²) in [7, 11) is -4.92. The Labute approximate surface area is 147 Å². The van der Waals surface area contributed by atoms with Gasteiger partial charge in [0.15, 0.2) is 5.52 Å². The van der Waals surface area contributed by atoms with Gasteiger partial charge in [0.1, 0.15) is 11.9 Å². The van der Waals surface area contributed by atoms with E-state index in [2.05, 4.69) is 82.8 Å². The molecular weight excluding hydrogens is 342 g/mol. The maximum atomic E-state index is 8.63. The molecule has 0 unspecified atom stereocenters. The van der Waals surface area contributed by atoms with Gasteiger partial charge in [-0.1, -0.05) is 6.07 Å². The number of aromatic nitrogens is 2. The Morgan fingerprint density at radius 3 is 2.24 bits per heavy atom. The van der Waals surface area contributed by atoms with Gasteiger partial charge in [0.05, 0.1) is 6.20 Å². The Bertz CT molecular complexity index is 875. The number of benzene rings is 1. The lowest BCUT2D eigenvalue weighted by molar-refractivity contribution is -0.594. The third-order valence-electron chi connectivity index (χ3n) is 3.72. The summed E-state index contributed by atoms with van der Waals surface area (Å²) in [6.45, 7) is 6.46. The Kier molecular flexibility index (Phi) is 6.13. The topological polar surface area (TPSA) is 89.0 Å². The molecule has 25 heavy (non-hydrogen) atoms. The monoisotopic (exact) mass is 363 g/mol. The molecule has 2 heterocycles. The van der Waals surface area contributed by atoms with Crippen LogP contribution in [0.3, 0.4) is 0 Å². The van der Waals surface area contributed by atoms with Crippen molar-refractivity contribution in [3.63, 3.8) is 0 Å². The van der Waals surface area contributed by atoms with Crippen molar-refractivity contribution < 1.29 is 22.1 Å². The molecular formula is C17H21N3O4S. The molecule has 134 valence electrons. The van der Waals surface area contributed by atoms with E-state index in [1.54, 1.807) is 0 Å². The molecule has 0 aliphatic heterocycles. The first-order valence-corrected chi connectivity index (χ1v) is 9.20. The summed E-state index contributed by atoms with van der Waals surface area (Å²) in [4.78, 5) is 2.35. The fraction of sp³-hybridized carbons (Fsp3) is 0.235. The van der Waals surface area contributed by atoms with E-state index in [1.807, 2.05) is 6.07 Å². The van der Waals surface area contributed by atoms with Crippen LogP contribution in [-0.4, -0.2) is 35.0 Å². The highest BCUT2D eigenvalue weighted by atomic mass is 32.3. The van der Waals surface area contributed by atoms with Crippen LogP contribution in [0.5, 0.6) is 0 Å². The van der Waals surface area contributed by atoms with Crippen LogP contribution in [-0.2, 0) is 10.4 Å². The van der Waals surface area contributed by atoms with Crippen molar-refractivity contribution in [1.82, 2.24) is 4.40 Å². The number of imidazole rings is 1. The molecule has 0 aliphatic rings. The second-order valence-corrected chi connectivity index (χ2v) is 6.16. The van der Waals surface area contributed by atoms with Gasteiger partial charge in [-0.2, -0.15) is 0 Å². The average molecular weight is 363 g/mol. The third-order valence-corrected chi connectivity index (χ3v) is 3.72. The van der Waals surface area contributed by atoms with Gasteiger partial charge in [0.2, 0.25) is 10.4 Å². The van der Waals surface area contributed by atoms with Crippen molar-refractivity contribution in [3.05, 3.63) is 61.2 Å². The summed E-state index contributed by atoms with van der Waals surface area (Å²) in [5.74, 6) is 0. The van der Waals surface area contributed by atoms with Gasteiger partial charge >= 0.3 is 0 Å². The predicted molar refractivity (Wildman–Crippen MR) is 94.8 cm³/mol. The van der Waals surface area contributed by atoms with E-state index in [4.69, 9.17) is 17.5 Å². The summed E-state index contributed by atoms with van der Waals surface area (Å²) in [5.41, 5.74) is 3.66. The summed E-state index contributed by atoms with van der Waals surface area (Å²) < 4.78 is 37.1. The standard InChI is InChI=1S/C17H20N3.H2O4S/c1-3-18(4-2)15-8-10-16(11-9-15)20-13-17-7-5-6-12-19(17)14-20;1-5(2,3)4/h5-14H,3-4H2,1-2H3;(H2,1,2,3,4)/q+1;/p-1. The summed E-state index contributed by atoms with van der Waals surface area (Å²) in [6.07, 6.45) is 6.31. The number of nitrogens with zero attached hydrogens (tertiary/aromatic N) is 3. The van der Waals surface area contributed by atoms with Crippen LogP contribution in [0.15, 0.2) is 61.2 Å². The fourth-order valence-corrected chi connectivity index (χ4v) is 2.56. The van der Waals surface area contributed by atoms with Gasteiger partial charge in [-0.05, 0) is 50.2 Å². The van der Waals surface area contributed by atoms with E-state index in [0.29, 0.717) is 0 Å². The second-order valence-electron chi connectivity index (χ2n) is 5.30. The Morgan fingerprint density at radius 2 is 1.72 bits per heavy atom. The highest BCUT2D eigenvalue weighted by Crippen LogP contribution is 2.15. The average Bonchev–Trinajstić information content (AvgIpc) is 2.99. The Morgan fingerprint density at radius 1 is 1.12 bits per heavy atom. The molecule has 8 heteroatoms. The van der Waals surface area contributed by atoms with Crippen LogP contribution in [0, 0.1) is 0 Å². The minimum Gasteiger partial charge on any atom is -0.726 e. The van der Waals surface area contributed by atoms with Crippen molar-refractivity contribution in [2.24, 2.45) is 0 Å². The van der Waals surface area contributed by atoms with Crippen molar-refractivity contribution in [2.45, 2.75) is 13.8 Å². The molecule has 0 atom stereocenters. The number of hydrogen-bond acceptors (Lipinski definition) is 4. The molecule has 0 fully saturated rings. The first kappa shape index (κ1) is 18.9. The summed E-state index contributed by atoms with van der Waals surface area (Å²) in [6, 6.07) is 14.9. The fourth-order valence-electron chi connectivity index (χ4n) is 2.56. The highest BCUT2D eigenvalue weighted by molar-refractivity contribution is 7.79. The largest absolute Gasteiger partial charge is 0.726 e. The van der Waals surface area contributed by atoms with E-state index in [-0.39, 0.29) is 0 Å².